The maximum atomic E-state index is 12.5. The van der Waals surface area contributed by atoms with Gasteiger partial charge in [0, 0.05) is 17.3 Å². The fourth-order valence-corrected chi connectivity index (χ4v) is 4.46. The number of hydrogen-bond donors (Lipinski definition) is 2. The van der Waals surface area contributed by atoms with Crippen LogP contribution in [0.5, 0.6) is 0 Å². The van der Waals surface area contributed by atoms with Crippen molar-refractivity contribution in [2.45, 2.75) is 31.7 Å². The molecule has 0 fully saturated rings. The molecule has 0 aliphatic carbocycles. The Morgan fingerprint density at radius 3 is 2.46 bits per heavy atom. The Kier molecular flexibility index (Phi) is 5.73. The van der Waals surface area contributed by atoms with E-state index in [9.17, 15) is 13.2 Å². The van der Waals surface area contributed by atoms with Gasteiger partial charge in [0.1, 0.15) is 6.04 Å². The van der Waals surface area contributed by atoms with Crippen molar-refractivity contribution < 1.29 is 13.2 Å². The number of aryl methyl sites for hydroxylation is 1. The van der Waals surface area contributed by atoms with E-state index in [0.29, 0.717) is 22.1 Å². The molecular weight excluding hydrogens is 422 g/mol. The van der Waals surface area contributed by atoms with Crippen molar-refractivity contribution in [3.05, 3.63) is 52.3 Å². The number of aromatic nitrogens is 3. The van der Waals surface area contributed by atoms with E-state index in [2.05, 4.69) is 20.1 Å². The minimum absolute atomic E-state index is 0.0686. The lowest BCUT2D eigenvalue weighted by Crippen LogP contribution is -2.25. The molecule has 28 heavy (non-hydrogen) atoms. The maximum Gasteiger partial charge on any atom is 0.263 e. The number of rotatable bonds is 6. The molecule has 0 spiro atoms. The summed E-state index contributed by atoms with van der Waals surface area (Å²) in [5.41, 5.74) is 1.83. The van der Waals surface area contributed by atoms with Crippen molar-refractivity contribution in [1.82, 2.24) is 14.8 Å². The summed E-state index contributed by atoms with van der Waals surface area (Å²) >= 11 is 7.32. The number of amides is 1. The van der Waals surface area contributed by atoms with Gasteiger partial charge in [-0.25, -0.2) is 13.4 Å². The molecule has 0 aliphatic rings. The van der Waals surface area contributed by atoms with Crippen molar-refractivity contribution in [1.29, 1.82) is 0 Å². The molecule has 0 aliphatic heterocycles. The molecular formula is C17H18ClN5O3S2. The lowest BCUT2D eigenvalue weighted by Gasteiger charge is -2.15. The predicted molar refractivity (Wildman–Crippen MR) is 109 cm³/mol. The SMILES string of the molecule is Cc1nn(C(C)C(=O)Nc2ccc(S(=O)(=O)Nc3nccs3)cc2)c(C)c1Cl. The number of anilines is 2. The van der Waals surface area contributed by atoms with Crippen molar-refractivity contribution in [3.8, 4) is 0 Å². The monoisotopic (exact) mass is 439 g/mol. The number of nitrogens with zero attached hydrogens (tertiary/aromatic N) is 3. The lowest BCUT2D eigenvalue weighted by atomic mass is 10.2. The average Bonchev–Trinajstić information content (AvgIpc) is 3.25. The summed E-state index contributed by atoms with van der Waals surface area (Å²) in [6, 6.07) is 5.29. The van der Waals surface area contributed by atoms with Crippen molar-refractivity contribution in [3.63, 3.8) is 0 Å². The topological polar surface area (TPSA) is 106 Å². The van der Waals surface area contributed by atoms with Crippen LogP contribution in [0.3, 0.4) is 0 Å². The summed E-state index contributed by atoms with van der Waals surface area (Å²) < 4.78 is 28.6. The molecule has 148 valence electrons. The largest absolute Gasteiger partial charge is 0.324 e. The lowest BCUT2D eigenvalue weighted by molar-refractivity contribution is -0.119. The van der Waals surface area contributed by atoms with Crippen LogP contribution in [0, 0.1) is 13.8 Å². The summed E-state index contributed by atoms with van der Waals surface area (Å²) in [5, 5.41) is 9.53. The molecule has 0 bridgehead atoms. The van der Waals surface area contributed by atoms with E-state index < -0.39 is 16.1 Å². The third-order valence-electron chi connectivity index (χ3n) is 4.07. The van der Waals surface area contributed by atoms with E-state index >= 15 is 0 Å². The van der Waals surface area contributed by atoms with Crippen LogP contribution in [-0.4, -0.2) is 29.1 Å². The minimum atomic E-state index is -3.74. The molecule has 11 heteroatoms. The number of thiazole rings is 1. The average molecular weight is 440 g/mol. The Labute approximate surface area is 171 Å². The number of sulfonamides is 1. The van der Waals surface area contributed by atoms with Gasteiger partial charge in [0.25, 0.3) is 10.0 Å². The van der Waals surface area contributed by atoms with Gasteiger partial charge >= 0.3 is 0 Å². The highest BCUT2D eigenvalue weighted by Gasteiger charge is 2.21. The van der Waals surface area contributed by atoms with Gasteiger partial charge in [-0.2, -0.15) is 5.10 Å². The number of halogens is 1. The minimum Gasteiger partial charge on any atom is -0.324 e. The summed E-state index contributed by atoms with van der Waals surface area (Å²) in [7, 11) is -3.74. The summed E-state index contributed by atoms with van der Waals surface area (Å²) in [6.45, 7) is 5.28. The Morgan fingerprint density at radius 1 is 1.25 bits per heavy atom. The molecule has 0 radical (unpaired) electrons. The van der Waals surface area contributed by atoms with Crippen LogP contribution in [0.25, 0.3) is 0 Å². The molecule has 2 heterocycles. The molecule has 2 N–H and O–H groups in total. The molecule has 3 aromatic rings. The van der Waals surface area contributed by atoms with Gasteiger partial charge in [-0.3, -0.25) is 14.2 Å². The second kappa shape index (κ2) is 7.90. The maximum absolute atomic E-state index is 12.5. The van der Waals surface area contributed by atoms with Gasteiger partial charge in [-0.05, 0) is 45.0 Å². The van der Waals surface area contributed by atoms with E-state index in [4.69, 9.17) is 11.6 Å². The number of nitrogens with one attached hydrogen (secondary N) is 2. The van der Waals surface area contributed by atoms with E-state index in [1.165, 1.54) is 41.8 Å². The number of hydrogen-bond acceptors (Lipinski definition) is 6. The predicted octanol–water partition coefficient (Wildman–Crippen LogP) is 3.61. The highest BCUT2D eigenvalue weighted by atomic mass is 35.5. The Balaban J connectivity index is 1.71. The standard InChI is InChI=1S/C17H18ClN5O3S2/c1-10-15(18)11(2)23(21-10)12(3)16(24)20-13-4-6-14(7-5-13)28(25,26)22-17-19-8-9-27-17/h4-9,12H,1-3H3,(H,19,22)(H,20,24). The van der Waals surface area contributed by atoms with Crippen LogP contribution in [-0.2, 0) is 14.8 Å². The molecule has 0 saturated heterocycles. The van der Waals surface area contributed by atoms with Gasteiger partial charge < -0.3 is 5.32 Å². The third kappa shape index (κ3) is 4.18. The second-order valence-electron chi connectivity index (χ2n) is 6.06. The van der Waals surface area contributed by atoms with Gasteiger partial charge in [0.15, 0.2) is 5.13 Å². The fraction of sp³-hybridized carbons (Fsp3) is 0.235. The molecule has 1 atom stereocenters. The first-order valence-corrected chi connectivity index (χ1v) is 11.0. The molecule has 0 saturated carbocycles. The fourth-order valence-electron chi connectivity index (χ4n) is 2.54. The van der Waals surface area contributed by atoms with Gasteiger partial charge in [-0.1, -0.05) is 11.6 Å². The van der Waals surface area contributed by atoms with Crippen LogP contribution in [0.2, 0.25) is 5.02 Å². The quantitative estimate of drug-likeness (QED) is 0.610. The normalized spacial score (nSPS) is 12.6. The van der Waals surface area contributed by atoms with E-state index in [1.807, 2.05) is 0 Å². The third-order valence-corrected chi connectivity index (χ3v) is 6.79. The highest BCUT2D eigenvalue weighted by molar-refractivity contribution is 7.93. The van der Waals surface area contributed by atoms with E-state index in [-0.39, 0.29) is 15.9 Å². The Bertz CT molecular complexity index is 1090. The second-order valence-corrected chi connectivity index (χ2v) is 9.02. The van der Waals surface area contributed by atoms with Crippen molar-refractivity contribution >= 4 is 49.7 Å². The zero-order chi connectivity index (χ0) is 20.5. The smallest absolute Gasteiger partial charge is 0.263 e. The first kappa shape index (κ1) is 20.3. The molecule has 1 unspecified atom stereocenters. The first-order chi connectivity index (χ1) is 13.2. The van der Waals surface area contributed by atoms with Crippen LogP contribution in [0.15, 0.2) is 40.7 Å². The van der Waals surface area contributed by atoms with Crippen LogP contribution in [0.1, 0.15) is 24.4 Å². The highest BCUT2D eigenvalue weighted by Crippen LogP contribution is 2.24. The molecule has 1 amide bonds. The van der Waals surface area contributed by atoms with E-state index in [0.717, 1.165) is 0 Å². The van der Waals surface area contributed by atoms with Crippen LogP contribution >= 0.6 is 22.9 Å². The van der Waals surface area contributed by atoms with Gasteiger partial charge in [-0.15, -0.1) is 11.3 Å². The van der Waals surface area contributed by atoms with Gasteiger partial charge in [0.05, 0.1) is 21.3 Å². The zero-order valence-corrected chi connectivity index (χ0v) is 17.7. The Morgan fingerprint density at radius 2 is 1.93 bits per heavy atom. The van der Waals surface area contributed by atoms with Gasteiger partial charge in [0.2, 0.25) is 5.91 Å². The zero-order valence-electron chi connectivity index (χ0n) is 15.3. The van der Waals surface area contributed by atoms with Crippen LogP contribution in [0.4, 0.5) is 10.8 Å². The molecule has 1 aromatic carbocycles. The summed E-state index contributed by atoms with van der Waals surface area (Å²) in [4.78, 5) is 16.5. The summed E-state index contributed by atoms with van der Waals surface area (Å²) in [6.07, 6.45) is 1.51. The summed E-state index contributed by atoms with van der Waals surface area (Å²) in [5.74, 6) is -0.293. The van der Waals surface area contributed by atoms with E-state index in [1.54, 1.807) is 30.8 Å². The molecule has 3 rings (SSSR count). The number of carbonyl (C=O) groups is 1. The number of carbonyl (C=O) groups excluding carboxylic acids is 1. The molecule has 2 aromatic heterocycles. The first-order valence-electron chi connectivity index (χ1n) is 8.23. The molecule has 8 nitrogen and oxygen atoms in total. The van der Waals surface area contributed by atoms with Crippen molar-refractivity contribution in [2.75, 3.05) is 10.0 Å². The van der Waals surface area contributed by atoms with Crippen LogP contribution < -0.4 is 10.0 Å². The Hall–Kier alpha value is -2.43. The number of benzene rings is 1. The van der Waals surface area contributed by atoms with Crippen molar-refractivity contribution in [2.24, 2.45) is 0 Å².